The highest BCUT2D eigenvalue weighted by molar-refractivity contribution is 5.94. The summed E-state index contributed by atoms with van der Waals surface area (Å²) in [6.07, 6.45) is 8.06. The first-order valence-corrected chi connectivity index (χ1v) is 8.66. The second-order valence-electron chi connectivity index (χ2n) is 6.76. The number of carbonyl (C=O) groups is 2. The maximum Gasteiger partial charge on any atom is 0.255 e. The Labute approximate surface area is 137 Å². The maximum atomic E-state index is 12.6. The van der Waals surface area contributed by atoms with E-state index in [9.17, 15) is 9.59 Å². The van der Waals surface area contributed by atoms with Crippen molar-refractivity contribution in [1.82, 2.24) is 15.2 Å². The summed E-state index contributed by atoms with van der Waals surface area (Å²) in [7, 11) is 0. The van der Waals surface area contributed by atoms with Gasteiger partial charge in [-0.2, -0.15) is 0 Å². The number of piperidine rings is 1. The Morgan fingerprint density at radius 1 is 1.30 bits per heavy atom. The number of nitrogens with zero attached hydrogens (tertiary/aromatic N) is 2. The van der Waals surface area contributed by atoms with Crippen molar-refractivity contribution in [2.75, 3.05) is 13.1 Å². The number of amides is 2. The molecular weight excluding hydrogens is 290 g/mol. The lowest BCUT2D eigenvalue weighted by molar-refractivity contribution is -0.123. The Balaban J connectivity index is 1.57. The molecule has 1 aliphatic carbocycles. The molecule has 0 spiro atoms. The lowest BCUT2D eigenvalue weighted by Crippen LogP contribution is -2.45. The van der Waals surface area contributed by atoms with Gasteiger partial charge in [-0.05, 0) is 43.2 Å². The molecule has 1 aliphatic heterocycles. The normalized spacial score (nSPS) is 24.3. The first-order valence-electron chi connectivity index (χ1n) is 8.66. The number of likely N-dealkylation sites (tertiary alicyclic amines) is 1. The Morgan fingerprint density at radius 2 is 2.13 bits per heavy atom. The molecule has 0 aromatic carbocycles. The highest BCUT2D eigenvalue weighted by Crippen LogP contribution is 2.30. The Hall–Kier alpha value is -1.91. The Kier molecular flexibility index (Phi) is 4.94. The molecule has 2 amide bonds. The zero-order valence-corrected chi connectivity index (χ0v) is 13.7. The van der Waals surface area contributed by atoms with E-state index in [2.05, 4.69) is 17.2 Å². The van der Waals surface area contributed by atoms with Gasteiger partial charge in [-0.15, -0.1) is 0 Å². The van der Waals surface area contributed by atoms with Crippen LogP contribution >= 0.6 is 0 Å². The van der Waals surface area contributed by atoms with Crippen LogP contribution < -0.4 is 5.32 Å². The van der Waals surface area contributed by atoms with Crippen molar-refractivity contribution in [2.24, 2.45) is 11.8 Å². The van der Waals surface area contributed by atoms with Crippen LogP contribution in [-0.4, -0.2) is 40.8 Å². The van der Waals surface area contributed by atoms with Crippen LogP contribution in [0.25, 0.3) is 0 Å². The van der Waals surface area contributed by atoms with Gasteiger partial charge >= 0.3 is 0 Å². The zero-order valence-electron chi connectivity index (χ0n) is 13.7. The fourth-order valence-electron chi connectivity index (χ4n) is 3.42. The third-order valence-corrected chi connectivity index (χ3v) is 5.00. The molecule has 1 saturated carbocycles. The third-order valence-electron chi connectivity index (χ3n) is 5.00. The van der Waals surface area contributed by atoms with Crippen LogP contribution in [0.3, 0.4) is 0 Å². The van der Waals surface area contributed by atoms with Gasteiger partial charge in [0.15, 0.2) is 0 Å². The van der Waals surface area contributed by atoms with Gasteiger partial charge in [0.1, 0.15) is 0 Å². The Morgan fingerprint density at radius 3 is 2.78 bits per heavy atom. The summed E-state index contributed by atoms with van der Waals surface area (Å²) >= 11 is 0. The summed E-state index contributed by atoms with van der Waals surface area (Å²) < 4.78 is 0. The first-order chi connectivity index (χ1) is 11.2. The molecule has 5 nitrogen and oxygen atoms in total. The summed E-state index contributed by atoms with van der Waals surface area (Å²) in [5, 5.41) is 3.08. The number of pyridine rings is 1. The van der Waals surface area contributed by atoms with Gasteiger partial charge in [-0.3, -0.25) is 14.6 Å². The van der Waals surface area contributed by atoms with E-state index in [1.807, 2.05) is 11.0 Å². The number of hydrogen-bond donors (Lipinski definition) is 1. The topological polar surface area (TPSA) is 62.3 Å². The summed E-state index contributed by atoms with van der Waals surface area (Å²) in [6.45, 7) is 3.62. The summed E-state index contributed by atoms with van der Waals surface area (Å²) in [4.78, 5) is 30.6. The van der Waals surface area contributed by atoms with Gasteiger partial charge in [0.05, 0.1) is 5.56 Å². The third kappa shape index (κ3) is 4.09. The van der Waals surface area contributed by atoms with Crippen LogP contribution in [-0.2, 0) is 4.79 Å². The zero-order chi connectivity index (χ0) is 16.2. The number of nitrogens with one attached hydrogen (secondary N) is 1. The van der Waals surface area contributed by atoms with E-state index >= 15 is 0 Å². The van der Waals surface area contributed by atoms with Gasteiger partial charge < -0.3 is 10.2 Å². The molecule has 2 fully saturated rings. The highest BCUT2D eigenvalue weighted by atomic mass is 16.2. The molecule has 2 heterocycles. The largest absolute Gasteiger partial charge is 0.353 e. The van der Waals surface area contributed by atoms with E-state index in [4.69, 9.17) is 0 Å². The fraction of sp³-hybridized carbons (Fsp3) is 0.611. The fourth-order valence-corrected chi connectivity index (χ4v) is 3.42. The van der Waals surface area contributed by atoms with Gasteiger partial charge in [-0.1, -0.05) is 13.3 Å². The molecule has 23 heavy (non-hydrogen) atoms. The monoisotopic (exact) mass is 315 g/mol. The molecule has 0 unspecified atom stereocenters. The van der Waals surface area contributed by atoms with E-state index in [1.165, 1.54) is 0 Å². The molecule has 5 heteroatoms. The quantitative estimate of drug-likeness (QED) is 0.906. The highest BCUT2D eigenvalue weighted by Gasteiger charge is 2.33. The molecule has 0 radical (unpaired) electrons. The smallest absolute Gasteiger partial charge is 0.255 e. The number of hydrogen-bond acceptors (Lipinski definition) is 3. The van der Waals surface area contributed by atoms with Crippen molar-refractivity contribution < 1.29 is 9.59 Å². The maximum absolute atomic E-state index is 12.6. The number of carbonyl (C=O) groups excluding carboxylic acids is 2. The van der Waals surface area contributed by atoms with Gasteiger partial charge in [0.25, 0.3) is 5.91 Å². The van der Waals surface area contributed by atoms with Crippen LogP contribution in [0, 0.1) is 11.8 Å². The summed E-state index contributed by atoms with van der Waals surface area (Å²) in [6, 6.07) is 4.03. The van der Waals surface area contributed by atoms with Crippen LogP contribution in [0.2, 0.25) is 0 Å². The lowest BCUT2D eigenvalue weighted by Gasteiger charge is -2.38. The summed E-state index contributed by atoms with van der Waals surface area (Å²) in [5.41, 5.74) is 0.646. The van der Waals surface area contributed by atoms with Crippen molar-refractivity contribution in [3.05, 3.63) is 30.1 Å². The number of aromatic nitrogens is 1. The van der Waals surface area contributed by atoms with Gasteiger partial charge in [-0.25, -0.2) is 0 Å². The van der Waals surface area contributed by atoms with Crippen molar-refractivity contribution >= 4 is 11.8 Å². The second-order valence-corrected chi connectivity index (χ2v) is 6.76. The molecule has 2 aliphatic rings. The minimum absolute atomic E-state index is 0.0532. The van der Waals surface area contributed by atoms with Gasteiger partial charge in [0.2, 0.25) is 5.91 Å². The van der Waals surface area contributed by atoms with Crippen molar-refractivity contribution in [2.45, 2.75) is 45.1 Å². The molecule has 124 valence electrons. The molecule has 1 N–H and O–H groups in total. The SMILES string of the molecule is CC[C@@H]1CN(C(=O)c2cccnc2)CC[C@H]1CC(=O)NC1CC1. The molecule has 2 atom stereocenters. The lowest BCUT2D eigenvalue weighted by atomic mass is 9.81. The molecule has 0 bridgehead atoms. The second kappa shape index (κ2) is 7.11. The summed E-state index contributed by atoms with van der Waals surface area (Å²) in [5.74, 6) is 1.02. The standard InChI is InChI=1S/C18H25N3O2/c1-2-13-12-21(18(23)15-4-3-8-19-11-15)9-7-14(13)10-17(22)20-16-5-6-16/h3-4,8,11,13-14,16H,2,5-7,9-10,12H2,1H3,(H,20,22)/t13-,14+/m1/s1. The van der Waals surface area contributed by atoms with Crippen LogP contribution in [0.5, 0.6) is 0 Å². The predicted octanol–water partition coefficient (Wildman–Crippen LogP) is 2.24. The molecule has 3 rings (SSSR count). The van der Waals surface area contributed by atoms with Crippen LogP contribution in [0.15, 0.2) is 24.5 Å². The van der Waals surface area contributed by atoms with Crippen LogP contribution in [0.4, 0.5) is 0 Å². The van der Waals surface area contributed by atoms with E-state index in [0.717, 1.165) is 38.8 Å². The van der Waals surface area contributed by atoms with E-state index in [1.54, 1.807) is 18.5 Å². The van der Waals surface area contributed by atoms with Crippen LogP contribution in [0.1, 0.15) is 49.4 Å². The average molecular weight is 315 g/mol. The van der Waals surface area contributed by atoms with E-state index < -0.39 is 0 Å². The Bertz CT molecular complexity index is 557. The minimum Gasteiger partial charge on any atom is -0.353 e. The molecule has 1 aromatic heterocycles. The predicted molar refractivity (Wildman–Crippen MR) is 87.8 cm³/mol. The van der Waals surface area contributed by atoms with Crippen molar-refractivity contribution in [1.29, 1.82) is 0 Å². The van der Waals surface area contributed by atoms with E-state index in [-0.39, 0.29) is 11.8 Å². The first kappa shape index (κ1) is 16.0. The average Bonchev–Trinajstić information content (AvgIpc) is 3.39. The van der Waals surface area contributed by atoms with Crippen molar-refractivity contribution in [3.63, 3.8) is 0 Å². The van der Waals surface area contributed by atoms with Gasteiger partial charge in [0, 0.05) is 37.9 Å². The molecule has 1 aromatic rings. The van der Waals surface area contributed by atoms with Crippen molar-refractivity contribution in [3.8, 4) is 0 Å². The molecular formula is C18H25N3O2. The minimum atomic E-state index is 0.0532. The van der Waals surface area contributed by atoms with E-state index in [0.29, 0.717) is 29.9 Å². The molecule has 1 saturated heterocycles. The number of rotatable bonds is 5.